The van der Waals surface area contributed by atoms with Gasteiger partial charge in [-0.25, -0.2) is 0 Å². The molecule has 46 valence electrons. The summed E-state index contributed by atoms with van der Waals surface area (Å²) in [5, 5.41) is 14.0. The maximum Gasteiger partial charge on any atom is 0.155 e. The highest BCUT2D eigenvalue weighted by molar-refractivity contribution is 5.45. The Morgan fingerprint density at radius 3 is 3.44 bits per heavy atom. The molecule has 0 saturated heterocycles. The van der Waals surface area contributed by atoms with Crippen LogP contribution < -0.4 is 5.32 Å². The van der Waals surface area contributed by atoms with Crippen LogP contribution in [0, 0.1) is 0 Å². The Morgan fingerprint density at radius 1 is 1.56 bits per heavy atom. The summed E-state index contributed by atoms with van der Waals surface area (Å²) in [7, 11) is 0. The molecule has 0 spiro atoms. The van der Waals surface area contributed by atoms with Crippen LogP contribution in [-0.4, -0.2) is 22.0 Å². The lowest BCUT2D eigenvalue weighted by atomic mass is 10.3. The molecule has 0 bridgehead atoms. The van der Waals surface area contributed by atoms with Gasteiger partial charge in [0, 0.05) is 12.1 Å². The Kier molecular flexibility index (Phi) is 0.855. The van der Waals surface area contributed by atoms with Gasteiger partial charge in [0.15, 0.2) is 5.82 Å². The van der Waals surface area contributed by atoms with Gasteiger partial charge < -0.3 is 5.32 Å². The van der Waals surface area contributed by atoms with Crippen LogP contribution in [0.25, 0.3) is 0 Å². The number of nitrogens with zero attached hydrogens (tertiary/aromatic N) is 3. The molecule has 1 aliphatic rings. The van der Waals surface area contributed by atoms with Gasteiger partial charge in [0.2, 0.25) is 0 Å². The minimum atomic E-state index is 0.894. The molecule has 0 fully saturated rings. The number of aromatic nitrogens is 3. The smallest absolute Gasteiger partial charge is 0.155 e. The quantitative estimate of drug-likeness (QED) is 0.519. The van der Waals surface area contributed by atoms with Crippen molar-refractivity contribution < 1.29 is 0 Å². The molecule has 0 atom stereocenters. The van der Waals surface area contributed by atoms with Crippen molar-refractivity contribution in [3.8, 4) is 0 Å². The summed E-state index contributed by atoms with van der Waals surface area (Å²) in [4.78, 5) is 0. The van der Waals surface area contributed by atoms with Crippen LogP contribution in [0.4, 0.5) is 5.82 Å². The van der Waals surface area contributed by atoms with E-state index in [2.05, 4.69) is 20.7 Å². The Labute approximate surface area is 52.3 Å². The predicted octanol–water partition coefficient (Wildman–Crippen LogP) is -0.160. The van der Waals surface area contributed by atoms with Gasteiger partial charge in [0.25, 0.3) is 0 Å². The first kappa shape index (κ1) is 4.67. The largest absolute Gasteiger partial charge is 0.368 e. The maximum absolute atomic E-state index is 3.79. The van der Waals surface area contributed by atoms with Crippen molar-refractivity contribution in [2.24, 2.45) is 0 Å². The highest BCUT2D eigenvalue weighted by Crippen LogP contribution is 2.14. The molecule has 9 heavy (non-hydrogen) atoms. The molecule has 0 saturated carbocycles. The van der Waals surface area contributed by atoms with Crippen molar-refractivity contribution in [1.29, 1.82) is 0 Å². The highest BCUT2D eigenvalue weighted by atomic mass is 15.3. The predicted molar refractivity (Wildman–Crippen MR) is 32.0 cm³/mol. The van der Waals surface area contributed by atoms with E-state index in [1.807, 2.05) is 0 Å². The van der Waals surface area contributed by atoms with Crippen LogP contribution in [0.1, 0.15) is 5.56 Å². The lowest BCUT2D eigenvalue weighted by Crippen LogP contribution is -1.94. The fraction of sp³-hybridized carbons (Fsp3) is 0.400. The van der Waals surface area contributed by atoms with Gasteiger partial charge in [-0.05, 0) is 11.6 Å². The van der Waals surface area contributed by atoms with Crippen molar-refractivity contribution in [3.05, 3.63) is 11.8 Å². The van der Waals surface area contributed by atoms with Crippen LogP contribution >= 0.6 is 0 Å². The van der Waals surface area contributed by atoms with Gasteiger partial charge in [0.05, 0.1) is 6.20 Å². The zero-order valence-corrected chi connectivity index (χ0v) is 4.83. The van der Waals surface area contributed by atoms with Crippen LogP contribution in [-0.2, 0) is 6.42 Å². The SMILES string of the molecule is c1nnnc2c1CCN2. The number of fused-ring (bicyclic) bond motifs is 1. The van der Waals surface area contributed by atoms with Crippen LogP contribution in [0.5, 0.6) is 0 Å². The molecule has 0 aliphatic carbocycles. The molecule has 0 aromatic carbocycles. The molecule has 2 rings (SSSR count). The summed E-state index contributed by atoms with van der Waals surface area (Å²) in [6, 6.07) is 0. The second-order valence-corrected chi connectivity index (χ2v) is 1.98. The van der Waals surface area contributed by atoms with E-state index in [9.17, 15) is 0 Å². The maximum atomic E-state index is 3.79. The summed E-state index contributed by atoms with van der Waals surface area (Å²) >= 11 is 0. The third-order valence-electron chi connectivity index (χ3n) is 1.40. The summed E-state index contributed by atoms with van der Waals surface area (Å²) in [5.41, 5.74) is 1.17. The van der Waals surface area contributed by atoms with E-state index in [-0.39, 0.29) is 0 Å². The first-order valence-corrected chi connectivity index (χ1v) is 2.88. The minimum Gasteiger partial charge on any atom is -0.368 e. The summed E-state index contributed by atoms with van der Waals surface area (Å²) in [5.74, 6) is 0.894. The number of rotatable bonds is 0. The van der Waals surface area contributed by atoms with Crippen molar-refractivity contribution in [3.63, 3.8) is 0 Å². The summed E-state index contributed by atoms with van der Waals surface area (Å²) in [6.07, 6.45) is 2.78. The second kappa shape index (κ2) is 1.65. The fourth-order valence-electron chi connectivity index (χ4n) is 0.939. The van der Waals surface area contributed by atoms with Crippen molar-refractivity contribution in [1.82, 2.24) is 15.4 Å². The molecular formula is C5H6N4. The molecule has 1 aromatic rings. The fourth-order valence-corrected chi connectivity index (χ4v) is 0.939. The van der Waals surface area contributed by atoms with Crippen LogP contribution in [0.3, 0.4) is 0 Å². The van der Waals surface area contributed by atoms with Gasteiger partial charge >= 0.3 is 0 Å². The van der Waals surface area contributed by atoms with Gasteiger partial charge in [-0.3, -0.25) is 0 Å². The molecular weight excluding hydrogens is 116 g/mol. The zero-order chi connectivity index (χ0) is 6.10. The molecule has 2 heterocycles. The first-order chi connectivity index (χ1) is 4.47. The van der Waals surface area contributed by atoms with E-state index in [0.717, 1.165) is 18.8 Å². The average Bonchev–Trinajstić information content (AvgIpc) is 2.33. The Morgan fingerprint density at radius 2 is 2.56 bits per heavy atom. The standard InChI is InChI=1S/C5H6N4/c1-2-6-5-4(1)3-7-9-8-5/h3H,1-2H2,(H,6,7,8). The van der Waals surface area contributed by atoms with E-state index in [0.29, 0.717) is 0 Å². The Hall–Kier alpha value is -1.19. The zero-order valence-electron chi connectivity index (χ0n) is 4.83. The molecule has 4 heteroatoms. The third kappa shape index (κ3) is 0.630. The van der Waals surface area contributed by atoms with Gasteiger partial charge in [-0.1, -0.05) is 0 Å². The van der Waals surface area contributed by atoms with Gasteiger partial charge in [-0.2, -0.15) is 0 Å². The van der Waals surface area contributed by atoms with E-state index < -0.39 is 0 Å². The minimum absolute atomic E-state index is 0.894. The van der Waals surface area contributed by atoms with E-state index in [1.54, 1.807) is 6.20 Å². The second-order valence-electron chi connectivity index (χ2n) is 1.98. The number of anilines is 1. The molecule has 1 aliphatic heterocycles. The summed E-state index contributed by atoms with van der Waals surface area (Å²) < 4.78 is 0. The molecule has 0 radical (unpaired) electrons. The number of nitrogens with one attached hydrogen (secondary N) is 1. The average molecular weight is 122 g/mol. The lowest BCUT2D eigenvalue weighted by molar-refractivity contribution is 0.864. The molecule has 1 aromatic heterocycles. The summed E-state index contributed by atoms with van der Waals surface area (Å²) in [6.45, 7) is 0.968. The number of hydrogen-bond acceptors (Lipinski definition) is 4. The van der Waals surface area contributed by atoms with Crippen molar-refractivity contribution in [2.45, 2.75) is 6.42 Å². The Balaban J connectivity index is 2.54. The van der Waals surface area contributed by atoms with Gasteiger partial charge in [0.1, 0.15) is 0 Å². The van der Waals surface area contributed by atoms with E-state index in [1.165, 1.54) is 5.56 Å². The molecule has 0 amide bonds. The monoisotopic (exact) mass is 122 g/mol. The van der Waals surface area contributed by atoms with Crippen LogP contribution in [0.2, 0.25) is 0 Å². The van der Waals surface area contributed by atoms with E-state index in [4.69, 9.17) is 0 Å². The van der Waals surface area contributed by atoms with E-state index >= 15 is 0 Å². The van der Waals surface area contributed by atoms with Crippen molar-refractivity contribution in [2.75, 3.05) is 11.9 Å². The normalized spacial score (nSPS) is 14.7. The lowest BCUT2D eigenvalue weighted by Gasteiger charge is -1.90. The first-order valence-electron chi connectivity index (χ1n) is 2.88. The highest BCUT2D eigenvalue weighted by Gasteiger charge is 2.09. The number of hydrogen-bond donors (Lipinski definition) is 1. The molecule has 4 nitrogen and oxygen atoms in total. The van der Waals surface area contributed by atoms with Gasteiger partial charge in [-0.15, -0.1) is 10.2 Å². The van der Waals surface area contributed by atoms with Crippen LogP contribution in [0.15, 0.2) is 6.20 Å². The molecule has 1 N–H and O–H groups in total. The van der Waals surface area contributed by atoms with Crippen molar-refractivity contribution >= 4 is 5.82 Å². The topological polar surface area (TPSA) is 50.7 Å². The molecule has 0 unspecified atom stereocenters. The Bertz CT molecular complexity index is 199. The third-order valence-corrected chi connectivity index (χ3v) is 1.40.